The van der Waals surface area contributed by atoms with Crippen molar-refractivity contribution in [1.82, 2.24) is 14.9 Å². The van der Waals surface area contributed by atoms with E-state index in [9.17, 15) is 4.79 Å². The number of nitrogens with zero attached hydrogens (tertiary/aromatic N) is 2. The third-order valence-electron chi connectivity index (χ3n) is 2.89. The molecule has 1 aromatic heterocycles. The van der Waals surface area contributed by atoms with E-state index in [1.54, 1.807) is 6.20 Å². The Morgan fingerprint density at radius 2 is 2.20 bits per heavy atom. The van der Waals surface area contributed by atoms with E-state index < -0.39 is 0 Å². The molecule has 0 spiro atoms. The number of imidazole rings is 1. The molecule has 106 valence electrons. The number of aryl methyl sites for hydroxylation is 1. The van der Waals surface area contributed by atoms with Crippen LogP contribution in [0.4, 0.5) is 0 Å². The summed E-state index contributed by atoms with van der Waals surface area (Å²) in [6.07, 6.45) is 4.64. The van der Waals surface area contributed by atoms with Gasteiger partial charge in [-0.1, -0.05) is 36.9 Å². The molecule has 0 radical (unpaired) electrons. The summed E-state index contributed by atoms with van der Waals surface area (Å²) in [6, 6.07) is 8.14. The number of carbonyl (C=O) groups is 1. The summed E-state index contributed by atoms with van der Waals surface area (Å²) < 4.78 is 2.02. The molecule has 0 fully saturated rings. The highest BCUT2D eigenvalue weighted by atomic mass is 32.2. The van der Waals surface area contributed by atoms with Gasteiger partial charge in [-0.2, -0.15) is 0 Å². The zero-order chi connectivity index (χ0) is 14.4. The van der Waals surface area contributed by atoms with Crippen molar-refractivity contribution in [3.05, 3.63) is 42.2 Å². The van der Waals surface area contributed by atoms with Crippen molar-refractivity contribution in [3.63, 3.8) is 0 Å². The summed E-state index contributed by atoms with van der Waals surface area (Å²) in [6.45, 7) is 4.83. The molecule has 0 aliphatic carbocycles. The molecule has 0 unspecified atom stereocenters. The molecule has 2 aromatic rings. The lowest BCUT2D eigenvalue weighted by Crippen LogP contribution is -2.25. The number of amides is 1. The maximum absolute atomic E-state index is 11.6. The maximum Gasteiger partial charge on any atom is 0.230 e. The summed E-state index contributed by atoms with van der Waals surface area (Å²) in [5, 5.41) is 3.71. The van der Waals surface area contributed by atoms with Crippen LogP contribution in [-0.4, -0.2) is 27.8 Å². The molecule has 1 heterocycles. The number of hydrogen-bond acceptors (Lipinski definition) is 3. The summed E-state index contributed by atoms with van der Waals surface area (Å²) >= 11 is 1.46. The van der Waals surface area contributed by atoms with E-state index in [1.165, 1.54) is 17.3 Å². The molecule has 20 heavy (non-hydrogen) atoms. The lowest BCUT2D eigenvalue weighted by molar-refractivity contribution is -0.118. The van der Waals surface area contributed by atoms with Gasteiger partial charge in [0.25, 0.3) is 0 Å². The summed E-state index contributed by atoms with van der Waals surface area (Å²) in [4.78, 5) is 16.0. The highest BCUT2D eigenvalue weighted by Gasteiger charge is 2.09. The van der Waals surface area contributed by atoms with Crippen molar-refractivity contribution < 1.29 is 4.79 Å². The number of thioether (sulfide) groups is 1. The minimum absolute atomic E-state index is 0.0520. The van der Waals surface area contributed by atoms with E-state index in [1.807, 2.05) is 29.8 Å². The highest BCUT2D eigenvalue weighted by Crippen LogP contribution is 2.22. The quantitative estimate of drug-likeness (QED) is 0.832. The smallest absolute Gasteiger partial charge is 0.230 e. The van der Waals surface area contributed by atoms with Gasteiger partial charge in [-0.25, -0.2) is 4.98 Å². The number of nitrogens with one attached hydrogen (secondary N) is 1. The first-order chi connectivity index (χ1) is 9.72. The number of hydrogen-bond donors (Lipinski definition) is 1. The first-order valence-corrected chi connectivity index (χ1v) is 7.69. The van der Waals surface area contributed by atoms with Crippen molar-refractivity contribution in [1.29, 1.82) is 0 Å². The number of rotatable bonds is 6. The first-order valence-electron chi connectivity index (χ1n) is 6.71. The summed E-state index contributed by atoms with van der Waals surface area (Å²) in [5.41, 5.74) is 2.28. The van der Waals surface area contributed by atoms with Crippen LogP contribution >= 0.6 is 11.8 Å². The van der Waals surface area contributed by atoms with Gasteiger partial charge in [0.1, 0.15) is 0 Å². The predicted molar refractivity (Wildman–Crippen MR) is 82.3 cm³/mol. The number of aromatic nitrogens is 2. The van der Waals surface area contributed by atoms with E-state index in [4.69, 9.17) is 0 Å². The van der Waals surface area contributed by atoms with E-state index in [2.05, 4.69) is 29.4 Å². The van der Waals surface area contributed by atoms with Crippen molar-refractivity contribution in [3.8, 4) is 5.69 Å². The van der Waals surface area contributed by atoms with Crippen LogP contribution in [0.25, 0.3) is 5.69 Å². The van der Waals surface area contributed by atoms with Gasteiger partial charge in [-0.15, -0.1) is 0 Å². The molecular weight excluding hydrogens is 270 g/mol. The zero-order valence-electron chi connectivity index (χ0n) is 11.8. The average Bonchev–Trinajstić information content (AvgIpc) is 2.91. The molecule has 0 aliphatic heterocycles. The minimum atomic E-state index is 0.0520. The first kappa shape index (κ1) is 14.7. The largest absolute Gasteiger partial charge is 0.355 e. The second-order valence-corrected chi connectivity index (χ2v) is 5.45. The normalized spacial score (nSPS) is 10.5. The van der Waals surface area contributed by atoms with Crippen LogP contribution in [-0.2, 0) is 4.79 Å². The van der Waals surface area contributed by atoms with E-state index in [-0.39, 0.29) is 5.91 Å². The third kappa shape index (κ3) is 3.63. The van der Waals surface area contributed by atoms with Crippen molar-refractivity contribution in [2.45, 2.75) is 25.4 Å². The Kier molecular flexibility index (Phi) is 5.24. The molecule has 1 aromatic carbocycles. The average molecular weight is 289 g/mol. The highest BCUT2D eigenvalue weighted by molar-refractivity contribution is 7.99. The Labute approximate surface area is 123 Å². The van der Waals surface area contributed by atoms with E-state index in [0.717, 1.165) is 23.8 Å². The monoisotopic (exact) mass is 289 g/mol. The topological polar surface area (TPSA) is 46.9 Å². The Morgan fingerprint density at radius 3 is 2.95 bits per heavy atom. The van der Waals surface area contributed by atoms with Gasteiger partial charge in [0.05, 0.1) is 11.4 Å². The molecule has 5 heteroatoms. The molecule has 1 N–H and O–H groups in total. The fourth-order valence-corrected chi connectivity index (χ4v) is 2.66. The second kappa shape index (κ2) is 7.14. The minimum Gasteiger partial charge on any atom is -0.355 e. The molecule has 4 nitrogen and oxygen atoms in total. The van der Waals surface area contributed by atoms with Crippen molar-refractivity contribution in [2.24, 2.45) is 0 Å². The van der Waals surface area contributed by atoms with E-state index in [0.29, 0.717) is 5.75 Å². The van der Waals surface area contributed by atoms with Crippen molar-refractivity contribution in [2.75, 3.05) is 12.3 Å². The number of para-hydroxylation sites is 1. The number of benzene rings is 1. The van der Waals surface area contributed by atoms with Gasteiger partial charge in [-0.3, -0.25) is 9.36 Å². The van der Waals surface area contributed by atoms with Crippen LogP contribution in [0.3, 0.4) is 0 Å². The Hall–Kier alpha value is -1.75. The number of carbonyl (C=O) groups excluding carboxylic acids is 1. The lowest BCUT2D eigenvalue weighted by atomic mass is 10.2. The fraction of sp³-hybridized carbons (Fsp3) is 0.333. The summed E-state index contributed by atoms with van der Waals surface area (Å²) in [5.74, 6) is 0.444. The third-order valence-corrected chi connectivity index (χ3v) is 3.85. The molecule has 1 amide bonds. The second-order valence-electron chi connectivity index (χ2n) is 4.50. The predicted octanol–water partition coefficient (Wildman–Crippen LogP) is 2.80. The summed E-state index contributed by atoms with van der Waals surface area (Å²) in [7, 11) is 0. The van der Waals surface area contributed by atoms with Crippen LogP contribution in [0, 0.1) is 6.92 Å². The lowest BCUT2D eigenvalue weighted by Gasteiger charge is -2.10. The Morgan fingerprint density at radius 1 is 1.40 bits per heavy atom. The standard InChI is InChI=1S/C15H19N3OS/c1-3-8-16-14(19)11-20-15-17-9-10-18(15)13-7-5-4-6-12(13)2/h4-7,9-10H,3,8,11H2,1-2H3,(H,16,19). The Bertz CT molecular complexity index is 580. The van der Waals surface area contributed by atoms with Crippen LogP contribution < -0.4 is 5.32 Å². The fourth-order valence-electron chi connectivity index (χ4n) is 1.86. The zero-order valence-corrected chi connectivity index (χ0v) is 12.6. The van der Waals surface area contributed by atoms with Crippen molar-refractivity contribution >= 4 is 17.7 Å². The molecule has 0 saturated heterocycles. The molecule has 2 rings (SSSR count). The van der Waals surface area contributed by atoms with Gasteiger partial charge >= 0.3 is 0 Å². The van der Waals surface area contributed by atoms with Gasteiger partial charge in [0, 0.05) is 18.9 Å². The molecule has 0 bridgehead atoms. The van der Waals surface area contributed by atoms with E-state index >= 15 is 0 Å². The SMILES string of the molecule is CCCNC(=O)CSc1nccn1-c1ccccc1C. The maximum atomic E-state index is 11.6. The molecular formula is C15H19N3OS. The van der Waals surface area contributed by atoms with Crippen LogP contribution in [0.2, 0.25) is 0 Å². The molecule has 0 aliphatic rings. The molecule has 0 saturated carbocycles. The van der Waals surface area contributed by atoms with Crippen LogP contribution in [0.1, 0.15) is 18.9 Å². The van der Waals surface area contributed by atoms with Crippen LogP contribution in [0.5, 0.6) is 0 Å². The van der Waals surface area contributed by atoms with Gasteiger partial charge in [-0.05, 0) is 25.0 Å². The van der Waals surface area contributed by atoms with Gasteiger partial charge < -0.3 is 5.32 Å². The van der Waals surface area contributed by atoms with Gasteiger partial charge in [0.15, 0.2) is 5.16 Å². The molecule has 0 atom stereocenters. The Balaban J connectivity index is 2.06. The van der Waals surface area contributed by atoms with Crippen LogP contribution in [0.15, 0.2) is 41.8 Å². The van der Waals surface area contributed by atoms with Gasteiger partial charge in [0.2, 0.25) is 5.91 Å².